The van der Waals surface area contributed by atoms with Crippen molar-refractivity contribution in [1.29, 1.82) is 0 Å². The number of aliphatic hydroxyl groups excluding tert-OH is 1. The van der Waals surface area contributed by atoms with Gasteiger partial charge in [-0.1, -0.05) is 6.07 Å². The molecule has 0 saturated heterocycles. The number of hydrogen-bond donors (Lipinski definition) is 2. The highest BCUT2D eigenvalue weighted by Gasteiger charge is 2.20. The monoisotopic (exact) mass is 578 g/mol. The molecular formula is C25H25BrF2N4O5. The Bertz CT molecular complexity index is 1410. The predicted octanol–water partition coefficient (Wildman–Crippen LogP) is 2.65. The second kappa shape index (κ2) is 11.6. The zero-order chi connectivity index (χ0) is 27.4. The lowest BCUT2D eigenvalue weighted by atomic mass is 10.1. The van der Waals surface area contributed by atoms with Crippen LogP contribution in [0.3, 0.4) is 0 Å². The summed E-state index contributed by atoms with van der Waals surface area (Å²) in [7, 11) is 2.98. The number of amides is 2. The second-order valence-corrected chi connectivity index (χ2v) is 9.20. The molecule has 0 aliphatic heterocycles. The Labute approximate surface area is 219 Å². The summed E-state index contributed by atoms with van der Waals surface area (Å²) < 4.78 is 33.9. The minimum Gasteiger partial charge on any atom is -0.472 e. The quantitative estimate of drug-likeness (QED) is 0.425. The zero-order valence-electron chi connectivity index (χ0n) is 20.5. The Morgan fingerprint density at radius 2 is 1.89 bits per heavy atom. The van der Waals surface area contributed by atoms with Gasteiger partial charge in [-0.25, -0.2) is 8.78 Å². The number of ether oxygens (including phenoxy) is 1. The van der Waals surface area contributed by atoms with E-state index in [9.17, 15) is 28.3 Å². The molecule has 2 aromatic carbocycles. The van der Waals surface area contributed by atoms with Gasteiger partial charge in [0.25, 0.3) is 17.4 Å². The molecule has 3 rings (SSSR count). The maximum atomic E-state index is 13.9. The van der Waals surface area contributed by atoms with E-state index in [1.54, 1.807) is 26.0 Å². The normalized spacial score (nSPS) is 11.7. The van der Waals surface area contributed by atoms with Gasteiger partial charge in [0.2, 0.25) is 5.88 Å². The number of aromatic nitrogens is 2. The molecule has 1 atom stereocenters. The van der Waals surface area contributed by atoms with Crippen molar-refractivity contribution in [2.75, 3.05) is 20.6 Å². The van der Waals surface area contributed by atoms with Gasteiger partial charge in [0.05, 0.1) is 12.2 Å². The SMILES string of the molecule is Cc1ccc(C(=O)NC[C@@H](O)C(=O)N(C)C)cc1-n1c(C)nc(OCc2ccc(F)cc2F)c(Br)c1=O. The number of aliphatic hydroxyl groups is 1. The van der Waals surface area contributed by atoms with Crippen molar-refractivity contribution in [2.24, 2.45) is 0 Å². The van der Waals surface area contributed by atoms with Crippen molar-refractivity contribution >= 4 is 27.7 Å². The van der Waals surface area contributed by atoms with Crippen LogP contribution < -0.4 is 15.6 Å². The van der Waals surface area contributed by atoms with Crippen molar-refractivity contribution in [3.63, 3.8) is 0 Å². The highest BCUT2D eigenvalue weighted by Crippen LogP contribution is 2.24. The topological polar surface area (TPSA) is 114 Å². The average molecular weight is 579 g/mol. The fraction of sp³-hybridized carbons (Fsp3) is 0.280. The first-order valence-electron chi connectivity index (χ1n) is 11.0. The number of nitrogens with zero attached hydrogens (tertiary/aromatic N) is 3. The van der Waals surface area contributed by atoms with E-state index < -0.39 is 35.1 Å². The maximum Gasteiger partial charge on any atom is 0.276 e. The van der Waals surface area contributed by atoms with Crippen LogP contribution in [0.5, 0.6) is 5.88 Å². The number of hydrogen-bond acceptors (Lipinski definition) is 6. The van der Waals surface area contributed by atoms with Crippen LogP contribution in [0, 0.1) is 25.5 Å². The molecule has 1 aromatic heterocycles. The van der Waals surface area contributed by atoms with Gasteiger partial charge in [-0.05, 0) is 59.6 Å². The average Bonchev–Trinajstić information content (AvgIpc) is 2.85. The van der Waals surface area contributed by atoms with Crippen LogP contribution in [0.25, 0.3) is 5.69 Å². The van der Waals surface area contributed by atoms with E-state index in [2.05, 4.69) is 26.2 Å². The Morgan fingerprint density at radius 3 is 2.54 bits per heavy atom. The van der Waals surface area contributed by atoms with Crippen molar-refractivity contribution < 1.29 is 28.2 Å². The predicted molar refractivity (Wildman–Crippen MR) is 135 cm³/mol. The van der Waals surface area contributed by atoms with Crippen LogP contribution >= 0.6 is 15.9 Å². The van der Waals surface area contributed by atoms with E-state index in [1.807, 2.05) is 0 Å². The van der Waals surface area contributed by atoms with Crippen molar-refractivity contribution in [3.05, 3.63) is 85.4 Å². The second-order valence-electron chi connectivity index (χ2n) is 8.40. The molecule has 196 valence electrons. The van der Waals surface area contributed by atoms with Gasteiger partial charge >= 0.3 is 0 Å². The Balaban J connectivity index is 1.86. The molecule has 2 N–H and O–H groups in total. The molecule has 0 aliphatic carbocycles. The van der Waals surface area contributed by atoms with Gasteiger partial charge in [-0.2, -0.15) is 4.98 Å². The van der Waals surface area contributed by atoms with Gasteiger partial charge in [-0.3, -0.25) is 19.0 Å². The molecule has 0 saturated carbocycles. The standard InChI is InChI=1S/C25H25BrF2N4O5/c1-13-5-6-15(22(34)29-11-20(33)24(35)31(3)4)9-19(13)32-14(2)30-23(21(26)25(32)36)37-12-16-7-8-17(27)10-18(16)28/h5-10,20,33H,11-12H2,1-4H3,(H,29,34)/t20-/m1/s1. The van der Waals surface area contributed by atoms with Gasteiger partial charge in [0.1, 0.15) is 34.6 Å². The Kier molecular flexibility index (Phi) is 8.77. The Hall–Kier alpha value is -3.64. The van der Waals surface area contributed by atoms with E-state index in [4.69, 9.17) is 4.74 Å². The largest absolute Gasteiger partial charge is 0.472 e. The highest BCUT2D eigenvalue weighted by atomic mass is 79.9. The molecule has 0 spiro atoms. The fourth-order valence-electron chi connectivity index (χ4n) is 3.42. The molecule has 0 unspecified atom stereocenters. The first kappa shape index (κ1) is 27.9. The number of carbonyl (C=O) groups is 2. The fourth-order valence-corrected chi connectivity index (χ4v) is 3.80. The molecule has 0 bridgehead atoms. The summed E-state index contributed by atoms with van der Waals surface area (Å²) in [5, 5.41) is 12.4. The van der Waals surface area contributed by atoms with Crippen LogP contribution in [0.15, 0.2) is 45.7 Å². The first-order valence-corrected chi connectivity index (χ1v) is 11.8. The van der Waals surface area contributed by atoms with Gasteiger partial charge in [0.15, 0.2) is 0 Å². The van der Waals surface area contributed by atoms with Crippen molar-refractivity contribution in [3.8, 4) is 11.6 Å². The minimum atomic E-state index is -1.40. The third-order valence-corrected chi connectivity index (χ3v) is 6.12. The molecule has 0 radical (unpaired) electrons. The van der Waals surface area contributed by atoms with Gasteiger partial charge < -0.3 is 20.1 Å². The highest BCUT2D eigenvalue weighted by molar-refractivity contribution is 9.10. The van der Waals surface area contributed by atoms with Crippen LogP contribution in [0.1, 0.15) is 27.3 Å². The first-order chi connectivity index (χ1) is 17.4. The summed E-state index contributed by atoms with van der Waals surface area (Å²) in [6.45, 7) is 2.75. The summed E-state index contributed by atoms with van der Waals surface area (Å²) >= 11 is 3.19. The van der Waals surface area contributed by atoms with E-state index in [1.165, 1.54) is 35.7 Å². The third kappa shape index (κ3) is 6.38. The van der Waals surface area contributed by atoms with E-state index >= 15 is 0 Å². The number of halogens is 3. The number of carbonyl (C=O) groups excluding carboxylic acids is 2. The number of nitrogens with one attached hydrogen (secondary N) is 1. The summed E-state index contributed by atoms with van der Waals surface area (Å²) in [6, 6.07) is 7.75. The summed E-state index contributed by atoms with van der Waals surface area (Å²) in [6.07, 6.45) is -1.40. The van der Waals surface area contributed by atoms with Crippen molar-refractivity contribution in [1.82, 2.24) is 19.8 Å². The molecule has 2 amide bonds. The molecule has 0 fully saturated rings. The summed E-state index contributed by atoms with van der Waals surface area (Å²) in [5.74, 6) is -2.45. The number of likely N-dealkylation sites (N-methyl/N-ethyl adjacent to an activating group) is 1. The molecule has 3 aromatic rings. The van der Waals surface area contributed by atoms with Crippen LogP contribution in [-0.2, 0) is 11.4 Å². The molecule has 12 heteroatoms. The van der Waals surface area contributed by atoms with E-state index in [0.717, 1.165) is 12.1 Å². The molecule has 37 heavy (non-hydrogen) atoms. The van der Waals surface area contributed by atoms with E-state index in [-0.39, 0.29) is 40.5 Å². The molecule has 1 heterocycles. The number of benzene rings is 2. The summed E-state index contributed by atoms with van der Waals surface area (Å²) in [5.41, 5.74) is 0.794. The maximum absolute atomic E-state index is 13.9. The van der Waals surface area contributed by atoms with Crippen LogP contribution in [0.4, 0.5) is 8.78 Å². The molecule has 9 nitrogen and oxygen atoms in total. The lowest BCUT2D eigenvalue weighted by Crippen LogP contribution is -2.42. The smallest absolute Gasteiger partial charge is 0.276 e. The minimum absolute atomic E-state index is 0.0276. The van der Waals surface area contributed by atoms with E-state index in [0.29, 0.717) is 11.3 Å². The van der Waals surface area contributed by atoms with Crippen molar-refractivity contribution in [2.45, 2.75) is 26.6 Å². The lowest BCUT2D eigenvalue weighted by Gasteiger charge is -2.17. The summed E-state index contributed by atoms with van der Waals surface area (Å²) in [4.78, 5) is 43.2. The third-order valence-electron chi connectivity index (χ3n) is 5.44. The van der Waals surface area contributed by atoms with Gasteiger partial charge in [0, 0.05) is 31.3 Å². The number of rotatable bonds is 8. The van der Waals surface area contributed by atoms with Crippen LogP contribution in [0.2, 0.25) is 0 Å². The lowest BCUT2D eigenvalue weighted by molar-refractivity contribution is -0.137. The zero-order valence-corrected chi connectivity index (χ0v) is 22.1. The molecular weight excluding hydrogens is 554 g/mol. The molecule has 0 aliphatic rings. The Morgan fingerprint density at radius 1 is 1.19 bits per heavy atom. The number of aryl methyl sites for hydroxylation is 2. The van der Waals surface area contributed by atoms with Gasteiger partial charge in [-0.15, -0.1) is 0 Å². The van der Waals surface area contributed by atoms with Crippen LogP contribution in [-0.4, -0.2) is 58.1 Å².